The van der Waals surface area contributed by atoms with Gasteiger partial charge in [0.25, 0.3) is 0 Å². The van der Waals surface area contributed by atoms with Gasteiger partial charge in [-0.2, -0.15) is 0 Å². The third-order valence-corrected chi connectivity index (χ3v) is 5.65. The van der Waals surface area contributed by atoms with E-state index in [4.69, 9.17) is 0 Å². The second-order valence-electron chi connectivity index (χ2n) is 7.68. The minimum absolute atomic E-state index is 0.0685. The summed E-state index contributed by atoms with van der Waals surface area (Å²) in [5.74, 6) is 0.0567. The zero-order valence-electron chi connectivity index (χ0n) is 17.9. The van der Waals surface area contributed by atoms with Crippen LogP contribution in [0.5, 0.6) is 0 Å². The van der Waals surface area contributed by atoms with Crippen LogP contribution in [-0.2, 0) is 11.3 Å². The Morgan fingerprint density at radius 3 is 2.52 bits per heavy atom. The van der Waals surface area contributed by atoms with Gasteiger partial charge in [0.2, 0.25) is 5.91 Å². The number of nitrogens with one attached hydrogen (secondary N) is 1. The number of hydrogen-bond donors (Lipinski definition) is 1. The average Bonchev–Trinajstić information content (AvgIpc) is 3.09. The van der Waals surface area contributed by atoms with Crippen molar-refractivity contribution in [1.29, 1.82) is 0 Å². The van der Waals surface area contributed by atoms with E-state index in [0.29, 0.717) is 34.3 Å². The van der Waals surface area contributed by atoms with Crippen LogP contribution < -0.4 is 5.32 Å². The normalized spacial score (nSPS) is 12.1. The van der Waals surface area contributed by atoms with Gasteiger partial charge in [0.1, 0.15) is 5.82 Å². The summed E-state index contributed by atoms with van der Waals surface area (Å²) in [6, 6.07) is 13.3. The molecule has 3 aromatic rings. The van der Waals surface area contributed by atoms with E-state index in [-0.39, 0.29) is 23.4 Å². The van der Waals surface area contributed by atoms with Crippen molar-refractivity contribution in [3.8, 4) is 11.4 Å². The largest absolute Gasteiger partial charge is 0.325 e. The molecule has 0 aliphatic heterocycles. The number of nitrogens with zero attached hydrogens (tertiary/aromatic N) is 3. The minimum atomic E-state index is -0.482. The fourth-order valence-corrected chi connectivity index (χ4v) is 3.88. The molecule has 8 heteroatoms. The molecule has 0 aliphatic rings. The monoisotopic (exact) mass is 440 g/mol. The highest BCUT2D eigenvalue weighted by atomic mass is 32.2. The van der Waals surface area contributed by atoms with Crippen molar-refractivity contribution in [2.24, 2.45) is 5.92 Å². The first kappa shape index (κ1) is 22.7. The maximum absolute atomic E-state index is 14.3. The molecule has 6 nitrogen and oxygen atoms in total. The van der Waals surface area contributed by atoms with Gasteiger partial charge in [-0.15, -0.1) is 10.2 Å². The van der Waals surface area contributed by atoms with Gasteiger partial charge in [0.15, 0.2) is 16.8 Å². The number of Topliss-reactive ketones (excluding diaryl/α,β-unsaturated/α-hetero) is 1. The molecule has 162 valence electrons. The van der Waals surface area contributed by atoms with Crippen LogP contribution in [0.1, 0.15) is 38.1 Å². The second kappa shape index (κ2) is 9.87. The molecule has 1 N–H and O–H groups in total. The number of anilines is 1. The number of amides is 1. The van der Waals surface area contributed by atoms with Gasteiger partial charge in [-0.1, -0.05) is 49.9 Å². The number of carbonyl (C=O) groups excluding carboxylic acids is 2. The van der Waals surface area contributed by atoms with Crippen LogP contribution in [-0.4, -0.2) is 31.7 Å². The maximum Gasteiger partial charge on any atom is 0.237 e. The molecular formula is C23H25FN4O2S. The molecule has 1 heterocycles. The highest BCUT2D eigenvalue weighted by Crippen LogP contribution is 2.29. The van der Waals surface area contributed by atoms with E-state index in [9.17, 15) is 14.0 Å². The summed E-state index contributed by atoms with van der Waals surface area (Å²) in [6.07, 6.45) is 0. The van der Waals surface area contributed by atoms with E-state index < -0.39 is 5.25 Å². The van der Waals surface area contributed by atoms with E-state index >= 15 is 0 Å². The molecule has 1 aromatic heterocycles. The van der Waals surface area contributed by atoms with Gasteiger partial charge >= 0.3 is 0 Å². The van der Waals surface area contributed by atoms with Crippen LogP contribution in [0.3, 0.4) is 0 Å². The van der Waals surface area contributed by atoms with E-state index in [1.165, 1.54) is 24.8 Å². The van der Waals surface area contributed by atoms with Crippen LogP contribution in [0.2, 0.25) is 0 Å². The number of halogens is 1. The molecule has 1 atom stereocenters. The van der Waals surface area contributed by atoms with Crippen molar-refractivity contribution in [3.63, 3.8) is 0 Å². The number of hydrogen-bond acceptors (Lipinski definition) is 5. The molecule has 0 fully saturated rings. The van der Waals surface area contributed by atoms with Crippen molar-refractivity contribution in [2.45, 2.75) is 44.6 Å². The highest BCUT2D eigenvalue weighted by molar-refractivity contribution is 8.00. The Morgan fingerprint density at radius 2 is 1.84 bits per heavy atom. The number of rotatable bonds is 8. The molecule has 0 unspecified atom stereocenters. The van der Waals surface area contributed by atoms with E-state index in [0.717, 1.165) is 0 Å². The predicted octanol–water partition coefficient (Wildman–Crippen LogP) is 5.06. The summed E-state index contributed by atoms with van der Waals surface area (Å²) in [4.78, 5) is 24.3. The summed E-state index contributed by atoms with van der Waals surface area (Å²) in [7, 11) is 0. The molecule has 0 bridgehead atoms. The third kappa shape index (κ3) is 5.58. The summed E-state index contributed by atoms with van der Waals surface area (Å²) >= 11 is 1.26. The average molecular weight is 441 g/mol. The number of aromatic nitrogens is 3. The number of benzene rings is 2. The summed E-state index contributed by atoms with van der Waals surface area (Å²) in [6.45, 7) is 7.95. The Morgan fingerprint density at radius 1 is 1.10 bits per heavy atom. The Balaban J connectivity index is 1.81. The van der Waals surface area contributed by atoms with Crippen LogP contribution in [0.25, 0.3) is 11.4 Å². The Bertz CT molecular complexity index is 1100. The lowest BCUT2D eigenvalue weighted by Crippen LogP contribution is -2.23. The topological polar surface area (TPSA) is 76.9 Å². The lowest BCUT2D eigenvalue weighted by Gasteiger charge is -2.15. The number of thioether (sulfide) groups is 1. The summed E-state index contributed by atoms with van der Waals surface area (Å²) < 4.78 is 16.2. The molecule has 0 radical (unpaired) electrons. The van der Waals surface area contributed by atoms with Crippen LogP contribution in [0.4, 0.5) is 10.1 Å². The van der Waals surface area contributed by atoms with Crippen molar-refractivity contribution in [1.82, 2.24) is 14.8 Å². The van der Waals surface area contributed by atoms with Crippen molar-refractivity contribution >= 4 is 29.1 Å². The first-order chi connectivity index (χ1) is 14.8. The van der Waals surface area contributed by atoms with Gasteiger partial charge in [0.05, 0.1) is 10.8 Å². The van der Waals surface area contributed by atoms with Gasteiger partial charge < -0.3 is 9.88 Å². The Kier molecular flexibility index (Phi) is 7.22. The lowest BCUT2D eigenvalue weighted by molar-refractivity contribution is -0.115. The van der Waals surface area contributed by atoms with Crippen LogP contribution in [0.15, 0.2) is 53.7 Å². The van der Waals surface area contributed by atoms with Crippen LogP contribution in [0, 0.1) is 11.7 Å². The quantitative estimate of drug-likeness (QED) is 0.391. The molecule has 31 heavy (non-hydrogen) atoms. The maximum atomic E-state index is 14.3. The molecule has 1 amide bonds. The minimum Gasteiger partial charge on any atom is -0.325 e. The highest BCUT2D eigenvalue weighted by Gasteiger charge is 2.22. The molecule has 0 spiro atoms. The predicted molar refractivity (Wildman–Crippen MR) is 121 cm³/mol. The molecule has 2 aromatic carbocycles. The zero-order chi connectivity index (χ0) is 22.5. The smallest absolute Gasteiger partial charge is 0.237 e. The molecule has 3 rings (SSSR count). The first-order valence-corrected chi connectivity index (χ1v) is 10.9. The molecular weight excluding hydrogens is 415 g/mol. The van der Waals surface area contributed by atoms with Crippen molar-refractivity contribution in [2.75, 3.05) is 5.32 Å². The molecule has 0 saturated heterocycles. The van der Waals surface area contributed by atoms with E-state index in [1.807, 2.05) is 4.57 Å². The van der Waals surface area contributed by atoms with Gasteiger partial charge in [-0.05, 0) is 44.0 Å². The number of carbonyl (C=O) groups is 2. The Labute approximate surface area is 185 Å². The summed E-state index contributed by atoms with van der Waals surface area (Å²) in [5, 5.41) is 11.4. The van der Waals surface area contributed by atoms with E-state index in [1.54, 1.807) is 49.4 Å². The lowest BCUT2D eigenvalue weighted by atomic mass is 10.1. The van der Waals surface area contributed by atoms with Crippen molar-refractivity contribution < 1.29 is 14.0 Å². The van der Waals surface area contributed by atoms with Crippen molar-refractivity contribution in [3.05, 3.63) is 59.9 Å². The number of ketones is 1. The summed E-state index contributed by atoms with van der Waals surface area (Å²) in [5.41, 5.74) is 1.46. The molecule has 0 saturated carbocycles. The fraction of sp³-hybridized carbons (Fsp3) is 0.304. The first-order valence-electron chi connectivity index (χ1n) is 10.0. The van der Waals surface area contributed by atoms with Crippen LogP contribution >= 0.6 is 11.8 Å². The van der Waals surface area contributed by atoms with Gasteiger partial charge in [0, 0.05) is 17.8 Å². The van der Waals surface area contributed by atoms with E-state index in [2.05, 4.69) is 29.4 Å². The Hall–Kier alpha value is -3.00. The second-order valence-corrected chi connectivity index (χ2v) is 8.98. The third-order valence-electron chi connectivity index (χ3n) is 4.57. The van der Waals surface area contributed by atoms with Gasteiger partial charge in [-0.3, -0.25) is 9.59 Å². The zero-order valence-corrected chi connectivity index (χ0v) is 18.7. The standard InChI is InChI=1S/C23H25FN4O2S/c1-14(2)13-28-21(19-10-5-6-11-20(19)24)26-27-23(28)31-16(4)22(30)25-18-9-7-8-17(12-18)15(3)29/h5-12,14,16H,13H2,1-4H3,(H,25,30)/t16-/m1/s1. The van der Waals surface area contributed by atoms with Gasteiger partial charge in [-0.25, -0.2) is 4.39 Å². The SMILES string of the molecule is CC(=O)c1cccc(NC(=O)[C@@H](C)Sc2nnc(-c3ccccc3F)n2CC(C)C)c1. The molecule has 0 aliphatic carbocycles. The fourth-order valence-electron chi connectivity index (χ4n) is 3.02.